The first kappa shape index (κ1) is 26.5. The monoisotopic (exact) mass is 564 g/mol. The largest absolute Gasteiger partial charge is 0.484 e. The molecule has 4 heterocycles. The van der Waals surface area contributed by atoms with E-state index >= 15 is 0 Å². The van der Waals surface area contributed by atoms with Crippen LogP contribution >= 0.6 is 11.6 Å². The first-order valence-corrected chi connectivity index (χ1v) is 12.4. The Balaban J connectivity index is 1.37. The SMILES string of the molecule is O=C(O)C1=C(c2ccc(N3CC[C@@H](Oc4c(F)ccc(F)c4Cl)C3)nc2)C[C@@H]2CN(C(=O)O)C[C@H]1N2C(=O)O. The lowest BCUT2D eigenvalue weighted by Gasteiger charge is -2.48. The van der Waals surface area contributed by atoms with E-state index in [9.17, 15) is 38.5 Å². The molecule has 3 N–H and O–H groups in total. The molecule has 0 radical (unpaired) electrons. The van der Waals surface area contributed by atoms with Gasteiger partial charge in [-0.05, 0) is 41.8 Å². The van der Waals surface area contributed by atoms with Crippen LogP contribution in [0.2, 0.25) is 5.02 Å². The van der Waals surface area contributed by atoms with E-state index in [0.717, 1.165) is 21.9 Å². The van der Waals surface area contributed by atoms with Crippen LogP contribution in [0, 0.1) is 11.6 Å². The number of carboxylic acid groups (broad SMARTS) is 3. The van der Waals surface area contributed by atoms with Gasteiger partial charge in [-0.1, -0.05) is 11.6 Å². The highest BCUT2D eigenvalue weighted by Crippen LogP contribution is 2.39. The number of amides is 2. The second kappa shape index (κ2) is 10.2. The van der Waals surface area contributed by atoms with Crippen molar-refractivity contribution in [1.29, 1.82) is 0 Å². The third kappa shape index (κ3) is 4.89. The molecule has 5 rings (SSSR count). The second-order valence-corrected chi connectivity index (χ2v) is 9.88. The van der Waals surface area contributed by atoms with Crippen LogP contribution in [0.1, 0.15) is 18.4 Å². The minimum Gasteiger partial charge on any atom is -0.484 e. The lowest BCUT2D eigenvalue weighted by atomic mass is 9.82. The molecule has 2 saturated heterocycles. The number of nitrogens with zero attached hydrogens (tertiary/aromatic N) is 4. The highest BCUT2D eigenvalue weighted by atomic mass is 35.5. The fourth-order valence-corrected chi connectivity index (χ4v) is 5.66. The van der Waals surface area contributed by atoms with Crippen LogP contribution < -0.4 is 9.64 Å². The van der Waals surface area contributed by atoms with Crippen LogP contribution in [0.25, 0.3) is 5.57 Å². The van der Waals surface area contributed by atoms with Crippen molar-refractivity contribution in [3.05, 3.63) is 58.3 Å². The molecule has 0 saturated carbocycles. The zero-order valence-electron chi connectivity index (χ0n) is 20.3. The molecule has 1 aromatic carbocycles. The number of halogens is 3. The topological polar surface area (TPSA) is 144 Å². The van der Waals surface area contributed by atoms with E-state index in [4.69, 9.17) is 16.3 Å². The summed E-state index contributed by atoms with van der Waals surface area (Å²) in [5.41, 5.74) is 0.705. The number of piperazine rings is 1. The molecule has 3 atom stereocenters. The Labute approximate surface area is 225 Å². The van der Waals surface area contributed by atoms with Crippen molar-refractivity contribution in [2.24, 2.45) is 0 Å². The summed E-state index contributed by atoms with van der Waals surface area (Å²) in [4.78, 5) is 44.1. The van der Waals surface area contributed by atoms with Crippen LogP contribution in [0.4, 0.5) is 24.2 Å². The summed E-state index contributed by atoms with van der Waals surface area (Å²) in [6.07, 6.45) is -1.03. The van der Waals surface area contributed by atoms with E-state index in [-0.39, 0.29) is 30.8 Å². The van der Waals surface area contributed by atoms with E-state index in [1.165, 1.54) is 6.20 Å². The zero-order chi connectivity index (χ0) is 28.0. The maximum atomic E-state index is 14.1. The molecule has 2 amide bonds. The van der Waals surface area contributed by atoms with Crippen molar-refractivity contribution in [3.8, 4) is 5.75 Å². The number of aromatic nitrogens is 1. The number of aliphatic carboxylic acids is 1. The van der Waals surface area contributed by atoms with E-state index in [1.54, 1.807) is 12.1 Å². The van der Waals surface area contributed by atoms with Crippen molar-refractivity contribution in [3.63, 3.8) is 0 Å². The summed E-state index contributed by atoms with van der Waals surface area (Å²) in [5.74, 6) is -2.69. The van der Waals surface area contributed by atoms with Crippen molar-refractivity contribution in [2.75, 3.05) is 31.1 Å². The molecule has 0 unspecified atom stereocenters. The Morgan fingerprint density at radius 2 is 1.74 bits per heavy atom. The quantitative estimate of drug-likeness (QED) is 0.464. The highest BCUT2D eigenvalue weighted by Gasteiger charge is 2.47. The number of pyridine rings is 1. The number of carbonyl (C=O) groups is 3. The Morgan fingerprint density at radius 3 is 2.38 bits per heavy atom. The van der Waals surface area contributed by atoms with Crippen LogP contribution in [-0.4, -0.2) is 92.6 Å². The lowest BCUT2D eigenvalue weighted by Crippen LogP contribution is -2.64. The Morgan fingerprint density at radius 1 is 1.00 bits per heavy atom. The van der Waals surface area contributed by atoms with Crippen molar-refractivity contribution < 1.29 is 43.2 Å². The van der Waals surface area contributed by atoms with Gasteiger partial charge in [-0.25, -0.2) is 28.1 Å². The Kier molecular flexibility index (Phi) is 6.93. The molecule has 0 aliphatic carbocycles. The maximum absolute atomic E-state index is 14.1. The van der Waals surface area contributed by atoms with Gasteiger partial charge in [0.2, 0.25) is 0 Å². The molecule has 3 aliphatic heterocycles. The molecule has 3 aliphatic rings. The number of hydrogen-bond donors (Lipinski definition) is 3. The van der Waals surface area contributed by atoms with Gasteiger partial charge in [-0.15, -0.1) is 0 Å². The summed E-state index contributed by atoms with van der Waals surface area (Å²) >= 11 is 5.86. The van der Waals surface area contributed by atoms with Gasteiger partial charge in [0.05, 0.1) is 24.2 Å². The minimum absolute atomic E-state index is 0.00876. The van der Waals surface area contributed by atoms with Crippen LogP contribution in [0.15, 0.2) is 36.0 Å². The number of benzene rings is 1. The van der Waals surface area contributed by atoms with Gasteiger partial charge in [0.15, 0.2) is 11.6 Å². The summed E-state index contributed by atoms with van der Waals surface area (Å²) in [5, 5.41) is 28.7. The Bertz CT molecular complexity index is 1370. The first-order valence-electron chi connectivity index (χ1n) is 12.0. The first-order chi connectivity index (χ1) is 18.5. The lowest BCUT2D eigenvalue weighted by molar-refractivity contribution is -0.133. The van der Waals surface area contributed by atoms with Crippen molar-refractivity contribution >= 4 is 41.1 Å². The molecule has 14 heteroatoms. The van der Waals surface area contributed by atoms with Crippen molar-refractivity contribution in [1.82, 2.24) is 14.8 Å². The van der Waals surface area contributed by atoms with Gasteiger partial charge in [0.1, 0.15) is 22.8 Å². The average molecular weight is 565 g/mol. The fraction of sp³-hybridized carbons (Fsp3) is 0.360. The summed E-state index contributed by atoms with van der Waals surface area (Å²) < 4.78 is 33.5. The molecule has 2 fully saturated rings. The number of fused-ring (bicyclic) bond motifs is 2. The summed E-state index contributed by atoms with van der Waals surface area (Å²) in [6, 6.07) is 3.31. The van der Waals surface area contributed by atoms with Gasteiger partial charge >= 0.3 is 18.2 Å². The number of ether oxygens (including phenoxy) is 1. The smallest absolute Gasteiger partial charge is 0.408 e. The van der Waals surface area contributed by atoms with Crippen molar-refractivity contribution in [2.45, 2.75) is 31.0 Å². The third-order valence-electron chi connectivity index (χ3n) is 7.23. The van der Waals surface area contributed by atoms with Gasteiger partial charge in [-0.3, -0.25) is 4.90 Å². The van der Waals surface area contributed by atoms with Crippen LogP contribution in [-0.2, 0) is 4.79 Å². The average Bonchev–Trinajstić information content (AvgIpc) is 3.36. The highest BCUT2D eigenvalue weighted by molar-refractivity contribution is 6.32. The zero-order valence-corrected chi connectivity index (χ0v) is 21.0. The Hall–Kier alpha value is -4.13. The molecule has 11 nitrogen and oxygen atoms in total. The maximum Gasteiger partial charge on any atom is 0.408 e. The van der Waals surface area contributed by atoms with Crippen LogP contribution in [0.3, 0.4) is 0 Å². The second-order valence-electron chi connectivity index (χ2n) is 9.50. The number of hydrogen-bond acceptors (Lipinski definition) is 6. The van der Waals surface area contributed by atoms with E-state index in [1.807, 2.05) is 4.90 Å². The summed E-state index contributed by atoms with van der Waals surface area (Å²) in [7, 11) is 0. The predicted molar refractivity (Wildman–Crippen MR) is 133 cm³/mol. The molecule has 2 bridgehead atoms. The number of carboxylic acids is 1. The van der Waals surface area contributed by atoms with Gasteiger partial charge < -0.3 is 29.9 Å². The van der Waals surface area contributed by atoms with Gasteiger partial charge in [-0.2, -0.15) is 0 Å². The molecule has 206 valence electrons. The molecule has 1 aromatic heterocycles. The number of anilines is 1. The van der Waals surface area contributed by atoms with E-state index in [2.05, 4.69) is 4.98 Å². The minimum atomic E-state index is -1.33. The van der Waals surface area contributed by atoms with E-state index in [0.29, 0.717) is 36.5 Å². The normalized spacial score (nSPS) is 22.7. The molecular weight excluding hydrogens is 542 g/mol. The standard InChI is InChI=1S/C25H23ClF2N4O7/c26-21-16(27)2-3-17(28)22(21)39-14-5-6-30(10-14)19-4-1-12(8-29-19)15-7-13-9-31(24(35)36)11-18(20(15)23(33)34)32(13)25(37)38/h1-4,8,13-14,18H,5-7,9-11H2,(H,33,34)(H,35,36)(H,37,38)/t13-,14-,18-/m1/s1. The van der Waals surface area contributed by atoms with E-state index < -0.39 is 53.0 Å². The third-order valence-corrected chi connectivity index (χ3v) is 7.58. The molecule has 2 aromatic rings. The molecule has 39 heavy (non-hydrogen) atoms. The van der Waals surface area contributed by atoms with Gasteiger partial charge in [0, 0.05) is 32.3 Å². The molecular formula is C25H23ClF2N4O7. The fourth-order valence-electron chi connectivity index (χ4n) is 5.47. The van der Waals surface area contributed by atoms with Crippen LogP contribution in [0.5, 0.6) is 5.75 Å². The predicted octanol–water partition coefficient (Wildman–Crippen LogP) is 3.62. The van der Waals surface area contributed by atoms with Gasteiger partial charge in [0.25, 0.3) is 0 Å². The molecule has 0 spiro atoms. The number of rotatable bonds is 5. The summed E-state index contributed by atoms with van der Waals surface area (Å²) in [6.45, 7) is 0.465.